The molecular formula is C9H5ClIInNO. The smallest absolute Gasteiger partial charge is 0.155 e. The quantitative estimate of drug-likeness (QED) is 0.670. The number of benzene rings is 1. The standard InChI is InChI=1S/C9H5ClINO.In/c10-6-4-7(11)9(13)8-5(6)2-1-3-12-8;/h1-4,13H;/i;1-4. The summed E-state index contributed by atoms with van der Waals surface area (Å²) >= 11 is 8.00. The molecule has 1 aromatic heterocycles. The number of hydrogen-bond donors (Lipinski definition) is 1. The van der Waals surface area contributed by atoms with Gasteiger partial charge in [0.1, 0.15) is 5.52 Å². The van der Waals surface area contributed by atoms with E-state index in [-0.39, 0.29) is 31.6 Å². The van der Waals surface area contributed by atoms with Crippen molar-refractivity contribution in [2.45, 2.75) is 0 Å². The third-order valence-corrected chi connectivity index (χ3v) is 2.90. The predicted molar refractivity (Wildman–Crippen MR) is 66.9 cm³/mol. The van der Waals surface area contributed by atoms with Gasteiger partial charge in [-0.15, -0.1) is 0 Å². The van der Waals surface area contributed by atoms with Crippen LogP contribution in [0.3, 0.4) is 0 Å². The van der Waals surface area contributed by atoms with E-state index >= 15 is 0 Å². The van der Waals surface area contributed by atoms with Crippen molar-refractivity contribution in [2.75, 3.05) is 0 Å². The van der Waals surface area contributed by atoms with Crippen LogP contribution < -0.4 is 0 Å². The van der Waals surface area contributed by atoms with Gasteiger partial charge in [-0.1, -0.05) is 11.6 Å². The first-order chi connectivity index (χ1) is 6.20. The van der Waals surface area contributed by atoms with Crippen molar-refractivity contribution in [1.29, 1.82) is 0 Å². The molecular weight excluding hydrogens is 411 g/mol. The van der Waals surface area contributed by atoms with Gasteiger partial charge in [0.15, 0.2) is 5.75 Å². The van der Waals surface area contributed by atoms with Crippen LogP contribution in [0, 0.1) is 3.57 Å². The molecule has 0 saturated heterocycles. The molecule has 0 unspecified atom stereocenters. The van der Waals surface area contributed by atoms with Crippen molar-refractivity contribution < 1.29 is 5.11 Å². The average Bonchev–Trinajstić information content (AvgIpc) is 2.15. The van der Waals surface area contributed by atoms with Gasteiger partial charge >= 0.3 is 0 Å². The molecule has 1 aromatic carbocycles. The van der Waals surface area contributed by atoms with Crippen LogP contribution in [-0.2, 0) is 0 Å². The molecule has 0 saturated carbocycles. The number of aromatic nitrogens is 1. The number of fused-ring (bicyclic) bond motifs is 1. The Morgan fingerprint density at radius 3 is 2.86 bits per heavy atom. The third-order valence-electron chi connectivity index (χ3n) is 1.77. The minimum Gasteiger partial charge on any atom is -0.505 e. The summed E-state index contributed by atoms with van der Waals surface area (Å²) in [5.74, 6) is 0.195. The maximum Gasteiger partial charge on any atom is 0.155 e. The average molecular weight is 416 g/mol. The summed E-state index contributed by atoms with van der Waals surface area (Å²) in [6, 6.07) is 5.35. The van der Waals surface area contributed by atoms with Crippen molar-refractivity contribution >= 4 is 70.9 Å². The van der Waals surface area contributed by atoms with Crippen molar-refractivity contribution in [2.24, 2.45) is 0 Å². The molecule has 1 heterocycles. The number of phenolic OH excluding ortho intramolecular Hbond substituents is 1. The molecule has 1 N–H and O–H groups in total. The minimum absolute atomic E-state index is 0. The number of halogens is 2. The fourth-order valence-corrected chi connectivity index (χ4v) is 2.17. The van der Waals surface area contributed by atoms with Gasteiger partial charge in [0.2, 0.25) is 0 Å². The van der Waals surface area contributed by atoms with E-state index in [2.05, 4.69) is 4.98 Å². The van der Waals surface area contributed by atoms with E-state index in [0.29, 0.717) is 14.1 Å². The number of hydrogen-bond acceptors (Lipinski definition) is 2. The van der Waals surface area contributed by atoms with Gasteiger partial charge in [0, 0.05) is 37.4 Å². The molecule has 2 nitrogen and oxygen atoms in total. The Balaban J connectivity index is 0.000000980. The first-order valence-electron chi connectivity index (χ1n) is 3.62. The fourth-order valence-electron chi connectivity index (χ4n) is 1.16. The van der Waals surface area contributed by atoms with E-state index in [1.54, 1.807) is 18.3 Å². The molecule has 0 atom stereocenters. The van der Waals surface area contributed by atoms with E-state index in [1.807, 2.05) is 28.7 Å². The van der Waals surface area contributed by atoms with Gasteiger partial charge in [-0.3, -0.25) is 4.98 Å². The Kier molecular flexibility index (Phi) is 4.33. The molecule has 0 amide bonds. The Labute approximate surface area is 119 Å². The zero-order chi connectivity index (χ0) is 9.42. The largest absolute Gasteiger partial charge is 0.505 e. The summed E-state index contributed by atoms with van der Waals surface area (Å²) in [6.45, 7) is 0. The van der Waals surface area contributed by atoms with Crippen LogP contribution in [-0.4, -0.2) is 35.9 Å². The van der Waals surface area contributed by atoms with Crippen LogP contribution in [0.1, 0.15) is 0 Å². The maximum atomic E-state index is 9.65. The second-order valence-electron chi connectivity index (χ2n) is 2.59. The van der Waals surface area contributed by atoms with Gasteiger partial charge < -0.3 is 5.11 Å². The second kappa shape index (κ2) is 4.90. The minimum atomic E-state index is 0. The Bertz CT molecular complexity index is 478. The normalized spacial score (nSPS) is 9.86. The molecule has 0 fully saturated rings. The van der Waals surface area contributed by atoms with Crippen molar-refractivity contribution in [3.8, 4) is 5.75 Å². The molecule has 2 aromatic rings. The number of phenols is 1. The van der Waals surface area contributed by atoms with E-state index < -0.39 is 0 Å². The topological polar surface area (TPSA) is 33.1 Å². The fraction of sp³-hybridized carbons (Fsp3) is 0. The van der Waals surface area contributed by atoms with Gasteiger partial charge in [-0.25, -0.2) is 0 Å². The predicted octanol–water partition coefficient (Wildman–Crippen LogP) is 2.82. The van der Waals surface area contributed by atoms with Crippen LogP contribution in [0.5, 0.6) is 5.75 Å². The van der Waals surface area contributed by atoms with E-state index in [0.717, 1.165) is 5.39 Å². The number of pyridine rings is 1. The van der Waals surface area contributed by atoms with Gasteiger partial charge in [0.25, 0.3) is 0 Å². The van der Waals surface area contributed by atoms with E-state index in [9.17, 15) is 5.11 Å². The summed E-state index contributed by atoms with van der Waals surface area (Å²) in [5.41, 5.74) is 0.555. The van der Waals surface area contributed by atoms with Crippen molar-refractivity contribution in [3.05, 3.63) is 33.0 Å². The van der Waals surface area contributed by atoms with Gasteiger partial charge in [-0.05, 0) is 40.8 Å². The summed E-state index contributed by atoms with van der Waals surface area (Å²) < 4.78 is 0.716. The summed E-state index contributed by atoms with van der Waals surface area (Å²) in [6.07, 6.45) is 1.63. The number of aromatic hydroxyl groups is 1. The Hall–Kier alpha value is 0.320. The summed E-state index contributed by atoms with van der Waals surface area (Å²) in [4.78, 5) is 4.06. The number of nitrogens with zero attached hydrogens (tertiary/aromatic N) is 1. The zero-order valence-corrected chi connectivity index (χ0v) is 13.2. The molecule has 0 aliphatic heterocycles. The zero-order valence-electron chi connectivity index (χ0n) is 7.04. The molecule has 2 rings (SSSR count). The molecule has 69 valence electrons. The van der Waals surface area contributed by atoms with Crippen LogP contribution >= 0.6 is 34.2 Å². The summed E-state index contributed by atoms with van der Waals surface area (Å²) in [5, 5.41) is 11.0. The van der Waals surface area contributed by atoms with Crippen LogP contribution in [0.2, 0.25) is 5.02 Å². The monoisotopic (exact) mass is 416 g/mol. The second-order valence-corrected chi connectivity index (χ2v) is 4.16. The van der Waals surface area contributed by atoms with Crippen LogP contribution in [0.25, 0.3) is 10.9 Å². The molecule has 14 heavy (non-hydrogen) atoms. The Morgan fingerprint density at radius 1 is 1.43 bits per heavy atom. The molecule has 0 aliphatic carbocycles. The first kappa shape index (κ1) is 12.4. The van der Waals surface area contributed by atoms with Crippen LogP contribution in [0.4, 0.5) is 0 Å². The Morgan fingerprint density at radius 2 is 2.14 bits per heavy atom. The van der Waals surface area contributed by atoms with Crippen LogP contribution in [0.15, 0.2) is 24.4 Å². The molecule has 0 aliphatic rings. The SMILES string of the molecule is Oc1c(I)cc(Cl)c2cccnc12.[111In]. The molecule has 5 heteroatoms. The first-order valence-corrected chi connectivity index (χ1v) is 5.07. The van der Waals surface area contributed by atoms with E-state index in [4.69, 9.17) is 11.6 Å². The molecule has 0 bridgehead atoms. The van der Waals surface area contributed by atoms with E-state index in [1.165, 1.54) is 0 Å². The van der Waals surface area contributed by atoms with Gasteiger partial charge in [0.05, 0.1) is 8.59 Å². The maximum absolute atomic E-state index is 9.65. The number of rotatable bonds is 0. The molecule has 3 radical (unpaired) electrons. The van der Waals surface area contributed by atoms with Crippen molar-refractivity contribution in [1.82, 2.24) is 4.98 Å². The van der Waals surface area contributed by atoms with Crippen molar-refractivity contribution in [3.63, 3.8) is 0 Å². The van der Waals surface area contributed by atoms with Gasteiger partial charge in [-0.2, -0.15) is 0 Å². The summed E-state index contributed by atoms with van der Waals surface area (Å²) in [7, 11) is 0. The third kappa shape index (κ3) is 2.12. The molecule has 0 spiro atoms.